The van der Waals surface area contributed by atoms with Crippen LogP contribution in [0.2, 0.25) is 0 Å². The SMILES string of the molecule is [Pt+2].[c-]1ccccc1-n1nc(N(c2ccccc2)c2nn(-c3[c-]cccc3)c3c2CCC3)c2c1CCC2. The summed E-state index contributed by atoms with van der Waals surface area (Å²) in [5.41, 5.74) is 8.27. The van der Waals surface area contributed by atoms with Crippen LogP contribution in [0.5, 0.6) is 0 Å². The standard InChI is InChI=1S/C30H25N5.Pt/c1-4-12-22(13-5-1)33(29-25-18-10-20-27(25)34(31-29)23-14-6-2-7-15-23)30-26-19-11-21-28(26)35(32-30)24-16-8-3-9-17-24;/h1-9,12-14,16H,10-11,18-21H2;/q-2;+2. The minimum Gasteiger partial charge on any atom is -0.276 e. The monoisotopic (exact) mass is 650 g/mol. The van der Waals surface area contributed by atoms with Crippen molar-refractivity contribution < 1.29 is 21.1 Å². The number of hydrogen-bond acceptors (Lipinski definition) is 3. The minimum atomic E-state index is 0. The van der Waals surface area contributed by atoms with Crippen molar-refractivity contribution >= 4 is 17.3 Å². The molecule has 2 aromatic heterocycles. The van der Waals surface area contributed by atoms with E-state index in [9.17, 15) is 0 Å². The summed E-state index contributed by atoms with van der Waals surface area (Å²) in [6.07, 6.45) is 6.38. The molecule has 6 heteroatoms. The summed E-state index contributed by atoms with van der Waals surface area (Å²) in [5, 5.41) is 10.4. The number of hydrogen-bond donors (Lipinski definition) is 0. The molecule has 5 aromatic rings. The van der Waals surface area contributed by atoms with Gasteiger partial charge in [-0.05, 0) is 62.0 Å². The zero-order chi connectivity index (χ0) is 23.2. The quantitative estimate of drug-likeness (QED) is 0.216. The zero-order valence-electron chi connectivity index (χ0n) is 19.8. The van der Waals surface area contributed by atoms with E-state index in [0.717, 1.165) is 67.2 Å². The molecule has 0 atom stereocenters. The molecule has 0 saturated carbocycles. The van der Waals surface area contributed by atoms with E-state index in [2.05, 4.69) is 81.0 Å². The van der Waals surface area contributed by atoms with Crippen LogP contribution in [0.15, 0.2) is 78.9 Å². The Bertz CT molecular complexity index is 1390. The van der Waals surface area contributed by atoms with E-state index in [4.69, 9.17) is 10.2 Å². The average Bonchev–Trinajstić information content (AvgIpc) is 3.70. The number of fused-ring (bicyclic) bond motifs is 2. The van der Waals surface area contributed by atoms with Gasteiger partial charge in [0.1, 0.15) is 0 Å². The summed E-state index contributed by atoms with van der Waals surface area (Å²) < 4.78 is 4.19. The number of para-hydroxylation sites is 3. The van der Waals surface area contributed by atoms with Crippen LogP contribution in [0.1, 0.15) is 35.4 Å². The molecule has 0 aliphatic heterocycles. The van der Waals surface area contributed by atoms with Crippen LogP contribution in [0, 0.1) is 12.1 Å². The largest absolute Gasteiger partial charge is 2.00 e. The summed E-state index contributed by atoms with van der Waals surface area (Å²) in [7, 11) is 0. The van der Waals surface area contributed by atoms with Crippen molar-refractivity contribution in [3.05, 3.63) is 114 Å². The molecule has 0 radical (unpaired) electrons. The van der Waals surface area contributed by atoms with Gasteiger partial charge in [-0.15, -0.1) is 12.1 Å². The molecule has 2 aliphatic rings. The first-order valence-electron chi connectivity index (χ1n) is 12.4. The second-order valence-corrected chi connectivity index (χ2v) is 9.20. The summed E-state index contributed by atoms with van der Waals surface area (Å²) in [6, 6.07) is 33.5. The Morgan fingerprint density at radius 2 is 1.11 bits per heavy atom. The predicted molar refractivity (Wildman–Crippen MR) is 137 cm³/mol. The maximum absolute atomic E-state index is 5.22. The van der Waals surface area contributed by atoms with Crippen LogP contribution in [0.25, 0.3) is 11.4 Å². The number of nitrogens with zero attached hydrogens (tertiary/aromatic N) is 5. The van der Waals surface area contributed by atoms with E-state index >= 15 is 0 Å². The molecule has 0 spiro atoms. The molecule has 180 valence electrons. The molecule has 3 aromatic carbocycles. The van der Waals surface area contributed by atoms with E-state index in [0.29, 0.717) is 0 Å². The summed E-state index contributed by atoms with van der Waals surface area (Å²) in [5.74, 6) is 1.97. The fraction of sp³-hybridized carbons (Fsp3) is 0.200. The third-order valence-electron chi connectivity index (χ3n) is 7.10. The third-order valence-corrected chi connectivity index (χ3v) is 7.10. The molecule has 2 aliphatic carbocycles. The van der Waals surface area contributed by atoms with Crippen molar-refractivity contribution in [3.8, 4) is 11.4 Å². The normalized spacial score (nSPS) is 13.8. The summed E-state index contributed by atoms with van der Waals surface area (Å²) >= 11 is 0. The van der Waals surface area contributed by atoms with Crippen LogP contribution in [0.4, 0.5) is 17.3 Å². The molecule has 7 rings (SSSR count). The van der Waals surface area contributed by atoms with Gasteiger partial charge in [0.25, 0.3) is 0 Å². The smallest absolute Gasteiger partial charge is 0.276 e. The van der Waals surface area contributed by atoms with Gasteiger partial charge < -0.3 is 0 Å². The molecular weight excluding hydrogens is 625 g/mol. The molecular formula is C30H25N5Pt. The van der Waals surface area contributed by atoms with E-state index in [-0.39, 0.29) is 21.1 Å². The Morgan fingerprint density at radius 1 is 0.611 bits per heavy atom. The van der Waals surface area contributed by atoms with Crippen molar-refractivity contribution in [1.29, 1.82) is 0 Å². The molecule has 0 saturated heterocycles. The Morgan fingerprint density at radius 3 is 1.58 bits per heavy atom. The minimum absolute atomic E-state index is 0. The maximum Gasteiger partial charge on any atom is 2.00 e. The number of aromatic nitrogens is 4. The Hall–Kier alpha value is -3.43. The number of anilines is 3. The van der Waals surface area contributed by atoms with Gasteiger partial charge in [0.05, 0.1) is 0 Å². The molecule has 0 fully saturated rings. The molecule has 0 bridgehead atoms. The van der Waals surface area contributed by atoms with Gasteiger partial charge in [0.2, 0.25) is 0 Å². The van der Waals surface area contributed by atoms with Crippen LogP contribution in [-0.4, -0.2) is 19.6 Å². The van der Waals surface area contributed by atoms with Gasteiger partial charge in [-0.25, -0.2) is 0 Å². The first kappa shape index (κ1) is 23.0. The van der Waals surface area contributed by atoms with E-state index in [1.54, 1.807) is 0 Å². The topological polar surface area (TPSA) is 38.9 Å². The van der Waals surface area contributed by atoms with Crippen molar-refractivity contribution in [3.63, 3.8) is 0 Å². The zero-order valence-corrected chi connectivity index (χ0v) is 22.1. The number of rotatable bonds is 5. The van der Waals surface area contributed by atoms with Crippen LogP contribution in [-0.2, 0) is 46.7 Å². The Kier molecular flexibility index (Phi) is 6.10. The van der Waals surface area contributed by atoms with Crippen LogP contribution in [0.3, 0.4) is 0 Å². The molecule has 0 amide bonds. The van der Waals surface area contributed by atoms with Crippen molar-refractivity contribution in [2.45, 2.75) is 38.5 Å². The average molecular weight is 651 g/mol. The van der Waals surface area contributed by atoms with Gasteiger partial charge in [0.15, 0.2) is 11.6 Å². The van der Waals surface area contributed by atoms with Crippen LogP contribution < -0.4 is 4.90 Å². The molecule has 2 heterocycles. The van der Waals surface area contributed by atoms with Gasteiger partial charge in [-0.1, -0.05) is 18.2 Å². The van der Waals surface area contributed by atoms with Gasteiger partial charge >= 0.3 is 21.1 Å². The van der Waals surface area contributed by atoms with Crippen molar-refractivity contribution in [2.75, 3.05) is 4.90 Å². The van der Waals surface area contributed by atoms with Gasteiger partial charge in [0, 0.05) is 28.2 Å². The van der Waals surface area contributed by atoms with Crippen molar-refractivity contribution in [1.82, 2.24) is 19.6 Å². The Labute approximate surface area is 225 Å². The van der Waals surface area contributed by atoms with Crippen LogP contribution >= 0.6 is 0 Å². The fourth-order valence-electron chi connectivity index (χ4n) is 5.55. The second kappa shape index (κ2) is 9.55. The van der Waals surface area contributed by atoms with E-state index < -0.39 is 0 Å². The predicted octanol–water partition coefficient (Wildman–Crippen LogP) is 6.10. The summed E-state index contributed by atoms with van der Waals surface area (Å²) in [6.45, 7) is 0. The van der Waals surface area contributed by atoms with Crippen molar-refractivity contribution in [2.24, 2.45) is 0 Å². The Balaban J connectivity index is 0.00000240. The third kappa shape index (κ3) is 3.74. The number of benzene rings is 3. The van der Waals surface area contributed by atoms with E-state index in [1.807, 2.05) is 24.3 Å². The first-order valence-corrected chi connectivity index (χ1v) is 12.4. The van der Waals surface area contributed by atoms with E-state index in [1.165, 1.54) is 22.5 Å². The molecule has 5 nitrogen and oxygen atoms in total. The van der Waals surface area contributed by atoms with Gasteiger partial charge in [-0.3, -0.25) is 14.3 Å². The fourth-order valence-corrected chi connectivity index (χ4v) is 5.55. The molecule has 0 unspecified atom stereocenters. The molecule has 0 N–H and O–H groups in total. The second-order valence-electron chi connectivity index (χ2n) is 9.20. The molecule has 36 heavy (non-hydrogen) atoms. The maximum atomic E-state index is 5.22. The first-order chi connectivity index (χ1) is 17.4. The van der Waals surface area contributed by atoms with Gasteiger partial charge in [-0.2, -0.15) is 58.7 Å². The summed E-state index contributed by atoms with van der Waals surface area (Å²) in [4.78, 5) is 2.28.